The molecule has 7 heteroatoms. The van der Waals surface area contributed by atoms with E-state index in [1.807, 2.05) is 65.0 Å². The summed E-state index contributed by atoms with van der Waals surface area (Å²) in [5.74, 6) is -0.516. The van der Waals surface area contributed by atoms with E-state index < -0.39 is 17.1 Å². The second-order valence-electron chi connectivity index (χ2n) is 10.3. The summed E-state index contributed by atoms with van der Waals surface area (Å²) in [7, 11) is 0. The Kier molecular flexibility index (Phi) is 7.16. The number of nitrogens with zero attached hydrogens (tertiary/aromatic N) is 2. The third kappa shape index (κ3) is 5.43. The molecule has 0 radical (unpaired) electrons. The van der Waals surface area contributed by atoms with E-state index in [1.54, 1.807) is 9.80 Å². The van der Waals surface area contributed by atoms with Gasteiger partial charge in [-0.2, -0.15) is 0 Å². The number of rotatable bonds is 5. The highest BCUT2D eigenvalue weighted by atomic mass is 16.6. The molecule has 7 nitrogen and oxygen atoms in total. The number of carbonyl (C=O) groups excluding carboxylic acids is 3. The molecule has 2 aliphatic heterocycles. The van der Waals surface area contributed by atoms with Crippen LogP contribution in [-0.4, -0.2) is 59.0 Å². The topological polar surface area (TPSA) is 76.2 Å². The molecular weight excluding hydrogens is 408 g/mol. The lowest BCUT2D eigenvalue weighted by Gasteiger charge is -2.40. The molecule has 1 aromatic rings. The quantitative estimate of drug-likeness (QED) is 0.642. The van der Waals surface area contributed by atoms with Gasteiger partial charge in [-0.25, -0.2) is 9.59 Å². The van der Waals surface area contributed by atoms with Crippen molar-refractivity contribution < 1.29 is 23.9 Å². The largest absolute Gasteiger partial charge is 0.459 e. The molecule has 0 bridgehead atoms. The molecule has 0 unspecified atom stereocenters. The number of carbonyl (C=O) groups is 3. The Labute approximate surface area is 191 Å². The lowest BCUT2D eigenvalue weighted by atomic mass is 9.78. The maximum absolute atomic E-state index is 13.6. The van der Waals surface area contributed by atoms with Crippen LogP contribution in [0.2, 0.25) is 0 Å². The van der Waals surface area contributed by atoms with Gasteiger partial charge < -0.3 is 19.3 Å². The Morgan fingerprint density at radius 1 is 1.09 bits per heavy atom. The van der Waals surface area contributed by atoms with E-state index in [4.69, 9.17) is 9.47 Å². The van der Waals surface area contributed by atoms with Crippen LogP contribution in [0.5, 0.6) is 0 Å². The van der Waals surface area contributed by atoms with Gasteiger partial charge in [0.05, 0.1) is 5.41 Å². The molecular formula is C25H36N2O5. The summed E-state index contributed by atoms with van der Waals surface area (Å²) < 4.78 is 11.1. The lowest BCUT2D eigenvalue weighted by molar-refractivity contribution is -0.159. The van der Waals surface area contributed by atoms with Gasteiger partial charge in [-0.15, -0.1) is 0 Å². The Morgan fingerprint density at radius 2 is 1.78 bits per heavy atom. The number of piperidine rings is 1. The van der Waals surface area contributed by atoms with Crippen molar-refractivity contribution >= 4 is 18.0 Å². The number of ether oxygens (including phenoxy) is 2. The number of benzene rings is 1. The minimum atomic E-state index is -0.651. The van der Waals surface area contributed by atoms with E-state index in [1.165, 1.54) is 0 Å². The second kappa shape index (κ2) is 9.51. The second-order valence-corrected chi connectivity index (χ2v) is 10.3. The first-order valence-corrected chi connectivity index (χ1v) is 11.5. The molecule has 2 heterocycles. The monoisotopic (exact) mass is 444 g/mol. The van der Waals surface area contributed by atoms with Crippen molar-refractivity contribution in [2.45, 2.75) is 72.1 Å². The molecule has 2 aliphatic rings. The summed E-state index contributed by atoms with van der Waals surface area (Å²) in [6.45, 7) is 11.0. The first kappa shape index (κ1) is 24.1. The third-order valence-corrected chi connectivity index (χ3v) is 6.21. The van der Waals surface area contributed by atoms with Gasteiger partial charge in [0, 0.05) is 19.6 Å². The maximum atomic E-state index is 13.6. The molecule has 176 valence electrons. The molecule has 0 saturated carbocycles. The van der Waals surface area contributed by atoms with Crippen molar-refractivity contribution in [3.63, 3.8) is 0 Å². The van der Waals surface area contributed by atoms with Crippen molar-refractivity contribution in [2.75, 3.05) is 19.6 Å². The first-order chi connectivity index (χ1) is 15.0. The van der Waals surface area contributed by atoms with E-state index in [0.29, 0.717) is 32.5 Å². The molecule has 2 amide bonds. The fraction of sp³-hybridized carbons (Fsp3) is 0.640. The van der Waals surface area contributed by atoms with Crippen molar-refractivity contribution in [3.8, 4) is 0 Å². The van der Waals surface area contributed by atoms with Crippen LogP contribution in [-0.2, 0) is 25.7 Å². The molecule has 0 aromatic heterocycles. The number of amides is 2. The van der Waals surface area contributed by atoms with Crippen LogP contribution in [0.3, 0.4) is 0 Å². The summed E-state index contributed by atoms with van der Waals surface area (Å²) in [5, 5.41) is 0. The van der Waals surface area contributed by atoms with Gasteiger partial charge in [0.1, 0.15) is 18.2 Å². The summed E-state index contributed by atoms with van der Waals surface area (Å²) in [5.41, 5.74) is -0.325. The van der Waals surface area contributed by atoms with Crippen LogP contribution in [0.25, 0.3) is 0 Å². The highest BCUT2D eigenvalue weighted by molar-refractivity contribution is 5.90. The van der Waals surface area contributed by atoms with E-state index in [2.05, 4.69) is 0 Å². The Bertz CT molecular complexity index is 832. The fourth-order valence-corrected chi connectivity index (χ4v) is 4.68. The number of likely N-dealkylation sites (tertiary alicyclic amines) is 2. The minimum Gasteiger partial charge on any atom is -0.459 e. The van der Waals surface area contributed by atoms with E-state index >= 15 is 0 Å². The van der Waals surface area contributed by atoms with Gasteiger partial charge in [0.2, 0.25) is 5.91 Å². The van der Waals surface area contributed by atoms with Gasteiger partial charge in [-0.1, -0.05) is 44.2 Å². The minimum absolute atomic E-state index is 0.0545. The van der Waals surface area contributed by atoms with Gasteiger partial charge in [0.25, 0.3) is 0 Å². The average Bonchev–Trinajstić information content (AvgIpc) is 3.01. The van der Waals surface area contributed by atoms with E-state index in [9.17, 15) is 14.4 Å². The molecule has 0 N–H and O–H groups in total. The van der Waals surface area contributed by atoms with Crippen LogP contribution in [0.1, 0.15) is 59.4 Å². The predicted octanol–water partition coefficient (Wildman–Crippen LogP) is 4.00. The summed E-state index contributed by atoms with van der Waals surface area (Å²) in [4.78, 5) is 42.5. The molecule has 32 heavy (non-hydrogen) atoms. The maximum Gasteiger partial charge on any atom is 0.410 e. The highest BCUT2D eigenvalue weighted by Gasteiger charge is 2.53. The van der Waals surface area contributed by atoms with Gasteiger partial charge >= 0.3 is 12.1 Å². The lowest BCUT2D eigenvalue weighted by Crippen LogP contribution is -2.53. The van der Waals surface area contributed by atoms with Gasteiger partial charge in [-0.05, 0) is 51.5 Å². The normalized spacial score (nSPS) is 22.4. The Balaban J connectivity index is 1.69. The summed E-state index contributed by atoms with van der Waals surface area (Å²) in [6.07, 6.45) is 1.70. The van der Waals surface area contributed by atoms with Crippen molar-refractivity contribution in [3.05, 3.63) is 35.9 Å². The predicted molar refractivity (Wildman–Crippen MR) is 121 cm³/mol. The van der Waals surface area contributed by atoms with Crippen molar-refractivity contribution in [1.29, 1.82) is 0 Å². The van der Waals surface area contributed by atoms with Crippen molar-refractivity contribution in [2.24, 2.45) is 11.3 Å². The Morgan fingerprint density at radius 3 is 2.41 bits per heavy atom. The molecule has 1 aromatic carbocycles. The van der Waals surface area contributed by atoms with Crippen LogP contribution < -0.4 is 0 Å². The van der Waals surface area contributed by atoms with Crippen LogP contribution in [0, 0.1) is 11.3 Å². The molecule has 1 spiro atoms. The molecule has 0 aliphatic carbocycles. The fourth-order valence-electron chi connectivity index (χ4n) is 4.68. The Hall–Kier alpha value is -2.57. The zero-order chi connectivity index (χ0) is 23.5. The summed E-state index contributed by atoms with van der Waals surface area (Å²) in [6, 6.07) is 8.88. The van der Waals surface area contributed by atoms with Gasteiger partial charge in [-0.3, -0.25) is 4.79 Å². The SMILES string of the molecule is CC(C)[C@@H](C(=O)OCc1ccccc1)N1CC[C@]2(CCCN(C(=O)OC(C)(C)C)C2)C1=O. The molecule has 3 rings (SSSR count). The number of esters is 1. The molecule has 2 saturated heterocycles. The van der Waals surface area contributed by atoms with Crippen LogP contribution in [0.15, 0.2) is 30.3 Å². The smallest absolute Gasteiger partial charge is 0.410 e. The van der Waals surface area contributed by atoms with Crippen LogP contribution in [0.4, 0.5) is 4.79 Å². The molecule has 2 atom stereocenters. The van der Waals surface area contributed by atoms with E-state index in [-0.39, 0.29) is 30.5 Å². The average molecular weight is 445 g/mol. The van der Waals surface area contributed by atoms with Crippen LogP contribution >= 0.6 is 0 Å². The van der Waals surface area contributed by atoms with Gasteiger partial charge in [0.15, 0.2) is 0 Å². The van der Waals surface area contributed by atoms with Crippen molar-refractivity contribution in [1.82, 2.24) is 9.80 Å². The highest BCUT2D eigenvalue weighted by Crippen LogP contribution is 2.42. The first-order valence-electron chi connectivity index (χ1n) is 11.5. The van der Waals surface area contributed by atoms with E-state index in [0.717, 1.165) is 12.0 Å². The number of hydrogen-bond donors (Lipinski definition) is 0. The number of hydrogen-bond acceptors (Lipinski definition) is 5. The zero-order valence-electron chi connectivity index (χ0n) is 19.9. The summed E-state index contributed by atoms with van der Waals surface area (Å²) >= 11 is 0. The zero-order valence-corrected chi connectivity index (χ0v) is 19.9. The molecule has 2 fully saturated rings. The third-order valence-electron chi connectivity index (χ3n) is 6.21. The standard InChI is InChI=1S/C25H36N2O5/c1-18(2)20(21(28)31-16-19-10-7-6-8-11-19)27-15-13-25(22(27)29)12-9-14-26(17-25)23(30)32-24(3,4)5/h6-8,10-11,18,20H,9,12-17H2,1-5H3/t20-,25-/m0/s1.